The maximum atomic E-state index is 14.0. The molecule has 0 saturated carbocycles. The van der Waals surface area contributed by atoms with Crippen LogP contribution in [-0.4, -0.2) is 64.2 Å². The Hall–Kier alpha value is -3.83. The maximum Gasteiger partial charge on any atom is 0.306 e. The van der Waals surface area contributed by atoms with Crippen LogP contribution in [0.25, 0.3) is 11.0 Å². The molecule has 0 amide bonds. The lowest BCUT2D eigenvalue weighted by molar-refractivity contribution is -0.143. The van der Waals surface area contributed by atoms with Gasteiger partial charge >= 0.3 is 5.97 Å². The number of benzene rings is 1. The van der Waals surface area contributed by atoms with Crippen LogP contribution in [0.15, 0.2) is 53.6 Å². The average molecular weight is 589 g/mol. The minimum Gasteiger partial charge on any atom is -0.466 e. The van der Waals surface area contributed by atoms with E-state index in [1.807, 2.05) is 49.7 Å². The first kappa shape index (κ1) is 28.3. The van der Waals surface area contributed by atoms with Crippen LogP contribution in [0.1, 0.15) is 60.2 Å². The second kappa shape index (κ2) is 11.1. The van der Waals surface area contributed by atoms with E-state index in [1.54, 1.807) is 29.6 Å². The van der Waals surface area contributed by atoms with E-state index in [9.17, 15) is 13.2 Å². The third kappa shape index (κ3) is 5.05. The molecule has 6 rings (SSSR count). The topological polar surface area (TPSA) is 111 Å². The molecule has 1 fully saturated rings. The molecule has 42 heavy (non-hydrogen) atoms. The van der Waals surface area contributed by atoms with Gasteiger partial charge in [0.25, 0.3) is 0 Å². The number of sulfonamides is 1. The Morgan fingerprint density at radius 2 is 1.98 bits per heavy atom. The summed E-state index contributed by atoms with van der Waals surface area (Å²) in [4.78, 5) is 19.7. The molecule has 11 heteroatoms. The molecular weight excluding hydrogens is 552 g/mol. The molecule has 5 heterocycles. The van der Waals surface area contributed by atoms with Crippen LogP contribution < -0.4 is 4.90 Å². The van der Waals surface area contributed by atoms with E-state index in [0.29, 0.717) is 19.0 Å². The summed E-state index contributed by atoms with van der Waals surface area (Å²) in [6.45, 7) is 7.42. The second-order valence-electron chi connectivity index (χ2n) is 11.3. The van der Waals surface area contributed by atoms with Crippen molar-refractivity contribution in [2.45, 2.75) is 63.4 Å². The Morgan fingerprint density at radius 1 is 1.14 bits per heavy atom. The highest BCUT2D eigenvalue weighted by Gasteiger charge is 2.40. The van der Waals surface area contributed by atoms with Crippen LogP contribution in [0.2, 0.25) is 0 Å². The Balaban J connectivity index is 1.40. The average Bonchev–Trinajstić information content (AvgIpc) is 3.54. The molecule has 0 spiro atoms. The highest BCUT2D eigenvalue weighted by atomic mass is 32.2. The number of anilines is 1. The third-order valence-corrected chi connectivity index (χ3v) is 10.4. The summed E-state index contributed by atoms with van der Waals surface area (Å²) >= 11 is 0. The maximum absolute atomic E-state index is 14.0. The number of nitrogens with zero attached hydrogens (tertiary/aromatic N) is 6. The number of aromatic nitrogens is 4. The second-order valence-corrected chi connectivity index (χ2v) is 13.2. The van der Waals surface area contributed by atoms with E-state index in [2.05, 4.69) is 26.1 Å². The molecule has 0 N–H and O–H groups in total. The normalized spacial score (nSPS) is 18.9. The first-order valence-corrected chi connectivity index (χ1v) is 15.9. The lowest BCUT2D eigenvalue weighted by atomic mass is 9.89. The van der Waals surface area contributed by atoms with Gasteiger partial charge < -0.3 is 14.2 Å². The molecule has 0 bridgehead atoms. The number of fused-ring (bicyclic) bond motifs is 4. The molecule has 220 valence electrons. The van der Waals surface area contributed by atoms with Crippen LogP contribution in [0.5, 0.6) is 0 Å². The van der Waals surface area contributed by atoms with Gasteiger partial charge in [0.15, 0.2) is 5.65 Å². The zero-order valence-electron chi connectivity index (χ0n) is 24.4. The number of hydrogen-bond donors (Lipinski definition) is 0. The fourth-order valence-electron chi connectivity index (χ4n) is 6.36. The number of pyridine rings is 1. The van der Waals surface area contributed by atoms with E-state index >= 15 is 0 Å². The fraction of sp³-hybridized carbons (Fsp3) is 0.419. The summed E-state index contributed by atoms with van der Waals surface area (Å²) < 4.78 is 36.9. The quantitative estimate of drug-likeness (QED) is 0.295. The summed E-state index contributed by atoms with van der Waals surface area (Å²) in [6, 6.07) is 13.5. The van der Waals surface area contributed by atoms with Gasteiger partial charge in [-0.25, -0.2) is 13.4 Å². The first-order valence-electron chi connectivity index (χ1n) is 14.4. The van der Waals surface area contributed by atoms with Crippen molar-refractivity contribution in [2.75, 3.05) is 24.6 Å². The van der Waals surface area contributed by atoms with Gasteiger partial charge in [0.05, 0.1) is 18.7 Å². The predicted molar refractivity (Wildman–Crippen MR) is 160 cm³/mol. The number of hydrogen-bond acceptors (Lipinski definition) is 8. The number of aryl methyl sites for hydroxylation is 3. The van der Waals surface area contributed by atoms with Gasteiger partial charge in [0.1, 0.15) is 10.7 Å². The van der Waals surface area contributed by atoms with Gasteiger partial charge in [-0.3, -0.25) is 4.79 Å². The van der Waals surface area contributed by atoms with E-state index < -0.39 is 10.0 Å². The van der Waals surface area contributed by atoms with Gasteiger partial charge in [-0.15, -0.1) is 5.10 Å². The van der Waals surface area contributed by atoms with Crippen LogP contribution in [0.4, 0.5) is 5.82 Å². The summed E-state index contributed by atoms with van der Waals surface area (Å²) in [5, 5.41) is 9.56. The Morgan fingerprint density at radius 3 is 2.79 bits per heavy atom. The number of rotatable bonds is 7. The molecule has 10 nitrogen and oxygen atoms in total. The highest BCUT2D eigenvalue weighted by molar-refractivity contribution is 7.89. The van der Waals surface area contributed by atoms with E-state index in [4.69, 9.17) is 4.74 Å². The zero-order valence-corrected chi connectivity index (χ0v) is 25.3. The zero-order chi connectivity index (χ0) is 29.6. The lowest BCUT2D eigenvalue weighted by Gasteiger charge is -2.26. The molecule has 2 atom stereocenters. The molecule has 1 aromatic carbocycles. The van der Waals surface area contributed by atoms with Crippen LogP contribution >= 0.6 is 0 Å². The predicted octanol–water partition coefficient (Wildman–Crippen LogP) is 4.24. The molecule has 0 aliphatic carbocycles. The van der Waals surface area contributed by atoms with Crippen molar-refractivity contribution in [3.63, 3.8) is 0 Å². The van der Waals surface area contributed by atoms with Gasteiger partial charge in [0.2, 0.25) is 10.0 Å². The SMILES string of the molecule is CCOC(=O)CC(c1ccc(C)c(CN2C[C@H]3CCCN3c3ncccc3S2(=O)=O)c1)c1cc2cc(C)nnc2n1C. The van der Waals surface area contributed by atoms with Crippen molar-refractivity contribution in [3.8, 4) is 0 Å². The van der Waals surface area contributed by atoms with E-state index in [1.165, 1.54) is 0 Å². The molecule has 0 radical (unpaired) electrons. The summed E-state index contributed by atoms with van der Waals surface area (Å²) in [7, 11) is -1.85. The van der Waals surface area contributed by atoms with Crippen molar-refractivity contribution in [1.29, 1.82) is 0 Å². The van der Waals surface area contributed by atoms with Crippen molar-refractivity contribution in [1.82, 2.24) is 24.1 Å². The Labute approximate surface area is 246 Å². The number of carbonyl (C=O) groups excluding carboxylic acids is 1. The summed E-state index contributed by atoms with van der Waals surface area (Å²) in [5.74, 6) is -0.0619. The first-order chi connectivity index (χ1) is 20.2. The molecule has 3 aromatic heterocycles. The van der Waals surface area contributed by atoms with Crippen LogP contribution in [0.3, 0.4) is 0 Å². The number of carbonyl (C=O) groups is 1. The molecule has 2 aliphatic heterocycles. The lowest BCUT2D eigenvalue weighted by Crippen LogP contribution is -2.39. The standard InChI is InChI=1S/C31H36N6O4S/c1-5-41-29(38)17-26(27-16-23-14-21(3)33-34-30(23)35(27)4)22-11-10-20(2)24(15-22)18-36-19-25-8-7-13-37(25)31-28(42(36,39)40)9-6-12-32-31/h6,9-12,14-16,25-26H,5,7-8,13,17-19H2,1-4H3/t25-,26?/m1/s1. The molecule has 1 unspecified atom stereocenters. The number of ether oxygens (including phenoxy) is 1. The van der Waals surface area contributed by atoms with Crippen molar-refractivity contribution >= 4 is 32.8 Å². The summed E-state index contributed by atoms with van der Waals surface area (Å²) in [6.07, 6.45) is 3.74. The van der Waals surface area contributed by atoms with Crippen LogP contribution in [0, 0.1) is 13.8 Å². The van der Waals surface area contributed by atoms with Gasteiger partial charge in [0, 0.05) is 55.9 Å². The monoisotopic (exact) mass is 588 g/mol. The molecule has 1 saturated heterocycles. The van der Waals surface area contributed by atoms with Crippen molar-refractivity contribution in [2.24, 2.45) is 7.05 Å². The minimum atomic E-state index is -3.78. The van der Waals surface area contributed by atoms with Crippen LogP contribution in [-0.2, 0) is 33.1 Å². The van der Waals surface area contributed by atoms with Crippen molar-refractivity contribution in [3.05, 3.63) is 76.7 Å². The van der Waals surface area contributed by atoms with E-state index in [-0.39, 0.29) is 35.8 Å². The van der Waals surface area contributed by atoms with Crippen molar-refractivity contribution < 1.29 is 17.9 Å². The highest BCUT2D eigenvalue weighted by Crippen LogP contribution is 2.37. The minimum absolute atomic E-state index is 0.0799. The Kier molecular flexibility index (Phi) is 7.48. The summed E-state index contributed by atoms with van der Waals surface area (Å²) in [5.41, 5.74) is 5.27. The van der Waals surface area contributed by atoms with Gasteiger partial charge in [-0.1, -0.05) is 18.2 Å². The molecule has 2 aliphatic rings. The molecular formula is C31H36N6O4S. The molecule has 4 aromatic rings. The largest absolute Gasteiger partial charge is 0.466 e. The van der Waals surface area contributed by atoms with Gasteiger partial charge in [-0.05, 0) is 74.6 Å². The van der Waals surface area contributed by atoms with Gasteiger partial charge in [-0.2, -0.15) is 9.40 Å². The fourth-order valence-corrected chi connectivity index (χ4v) is 7.96. The third-order valence-electron chi connectivity index (χ3n) is 8.52. The Bertz CT molecular complexity index is 1770. The van der Waals surface area contributed by atoms with E-state index in [0.717, 1.165) is 58.5 Å². The smallest absolute Gasteiger partial charge is 0.306 e. The number of esters is 1.